The highest BCUT2D eigenvalue weighted by Crippen LogP contribution is 2.73. The molecule has 0 aromatic heterocycles. The lowest BCUT2D eigenvalue weighted by molar-refractivity contribution is -0.172. The van der Waals surface area contributed by atoms with Crippen LogP contribution < -0.4 is 0 Å². The van der Waals surface area contributed by atoms with Gasteiger partial charge in [-0.05, 0) is 99.2 Å². The first-order valence-electron chi connectivity index (χ1n) is 12.6. The molecule has 0 saturated heterocycles. The SMILES string of the molecule is C=CC(=O)OCCCC12CC3CC(CCCOC(=O)C=C)(C1)CC(CCCOC(=O)C=C)(C3)C2. The molecule has 34 heavy (non-hydrogen) atoms. The zero-order chi connectivity index (χ0) is 24.7. The average molecular weight is 473 g/mol. The summed E-state index contributed by atoms with van der Waals surface area (Å²) < 4.78 is 15.8. The van der Waals surface area contributed by atoms with E-state index in [0.717, 1.165) is 38.5 Å². The minimum Gasteiger partial charge on any atom is -0.463 e. The molecular formula is C28H40O6. The molecule has 6 nitrogen and oxygen atoms in total. The van der Waals surface area contributed by atoms with Gasteiger partial charge in [0, 0.05) is 18.2 Å². The van der Waals surface area contributed by atoms with Crippen LogP contribution in [0.4, 0.5) is 0 Å². The highest BCUT2D eigenvalue weighted by molar-refractivity contribution is 5.81. The van der Waals surface area contributed by atoms with Gasteiger partial charge in [-0.3, -0.25) is 0 Å². The third-order valence-electron chi connectivity index (χ3n) is 8.20. The van der Waals surface area contributed by atoms with Crippen LogP contribution in [0.3, 0.4) is 0 Å². The maximum absolute atomic E-state index is 11.4. The molecule has 0 atom stereocenters. The number of esters is 3. The lowest BCUT2D eigenvalue weighted by Crippen LogP contribution is -2.57. The van der Waals surface area contributed by atoms with E-state index in [2.05, 4.69) is 19.7 Å². The standard InChI is InChI=1S/C28H40O6/c1-4-23(29)32-13-7-10-26-16-22-17-27(19-26,11-8-14-33-24(30)5-2)21-28(18-22,20-26)12-9-15-34-25(31)6-3/h4-6,22H,1-3,7-21H2. The Hall–Kier alpha value is -2.37. The fourth-order valence-electron chi connectivity index (χ4n) is 7.93. The molecule has 0 spiro atoms. The van der Waals surface area contributed by atoms with Crippen molar-refractivity contribution in [1.29, 1.82) is 0 Å². The molecule has 4 rings (SSSR count). The molecule has 0 aromatic rings. The molecule has 4 aliphatic carbocycles. The Kier molecular flexibility index (Phi) is 8.78. The van der Waals surface area contributed by atoms with Crippen LogP contribution in [0.1, 0.15) is 77.0 Å². The van der Waals surface area contributed by atoms with E-state index in [1.54, 1.807) is 0 Å². The van der Waals surface area contributed by atoms with Gasteiger partial charge in [-0.15, -0.1) is 0 Å². The Morgan fingerprint density at radius 1 is 0.618 bits per heavy atom. The van der Waals surface area contributed by atoms with Crippen molar-refractivity contribution in [2.24, 2.45) is 22.2 Å². The normalized spacial score (nSPS) is 30.9. The minimum absolute atomic E-state index is 0.273. The second-order valence-corrected chi connectivity index (χ2v) is 10.9. The van der Waals surface area contributed by atoms with Crippen LogP contribution in [-0.2, 0) is 28.6 Å². The van der Waals surface area contributed by atoms with Gasteiger partial charge in [0.15, 0.2) is 0 Å². The lowest BCUT2D eigenvalue weighted by Gasteiger charge is -2.67. The summed E-state index contributed by atoms with van der Waals surface area (Å²) in [5.41, 5.74) is 0.820. The van der Waals surface area contributed by atoms with E-state index in [0.29, 0.717) is 25.7 Å². The second-order valence-electron chi connectivity index (χ2n) is 10.9. The van der Waals surface area contributed by atoms with Crippen molar-refractivity contribution >= 4 is 17.9 Å². The molecule has 0 unspecified atom stereocenters. The Morgan fingerprint density at radius 3 is 1.18 bits per heavy atom. The maximum Gasteiger partial charge on any atom is 0.330 e. The van der Waals surface area contributed by atoms with E-state index in [4.69, 9.17) is 14.2 Å². The van der Waals surface area contributed by atoms with Gasteiger partial charge in [-0.25, -0.2) is 14.4 Å². The van der Waals surface area contributed by atoms with Gasteiger partial charge in [0.05, 0.1) is 19.8 Å². The van der Waals surface area contributed by atoms with Crippen LogP contribution in [0.2, 0.25) is 0 Å². The first kappa shape index (κ1) is 26.2. The third-order valence-corrected chi connectivity index (χ3v) is 8.20. The number of rotatable bonds is 15. The average Bonchev–Trinajstić information content (AvgIpc) is 2.81. The van der Waals surface area contributed by atoms with Crippen LogP contribution in [0.5, 0.6) is 0 Å². The first-order chi connectivity index (χ1) is 16.3. The molecule has 0 N–H and O–H groups in total. The number of carbonyl (C=O) groups excluding carboxylic acids is 3. The Labute approximate surface area is 203 Å². The molecule has 4 saturated carbocycles. The quantitative estimate of drug-likeness (QED) is 0.136. The van der Waals surface area contributed by atoms with Gasteiger partial charge < -0.3 is 14.2 Å². The lowest BCUT2D eigenvalue weighted by atomic mass is 9.37. The van der Waals surface area contributed by atoms with Gasteiger partial charge in [0.25, 0.3) is 0 Å². The summed E-state index contributed by atoms with van der Waals surface area (Å²) in [4.78, 5) is 34.3. The molecule has 0 aromatic carbocycles. The fraction of sp³-hybridized carbons (Fsp3) is 0.679. The van der Waals surface area contributed by atoms with Crippen LogP contribution in [0, 0.1) is 22.2 Å². The van der Waals surface area contributed by atoms with Gasteiger partial charge >= 0.3 is 17.9 Å². The van der Waals surface area contributed by atoms with E-state index in [-0.39, 0.29) is 34.2 Å². The molecule has 4 aliphatic rings. The number of carbonyl (C=O) groups is 3. The van der Waals surface area contributed by atoms with Crippen molar-refractivity contribution in [1.82, 2.24) is 0 Å². The van der Waals surface area contributed by atoms with Crippen molar-refractivity contribution in [3.63, 3.8) is 0 Å². The van der Waals surface area contributed by atoms with Crippen LogP contribution >= 0.6 is 0 Å². The summed E-state index contributed by atoms with van der Waals surface area (Å²) in [6.45, 7) is 11.7. The topological polar surface area (TPSA) is 78.9 Å². The first-order valence-corrected chi connectivity index (χ1v) is 12.6. The summed E-state index contributed by atoms with van der Waals surface area (Å²) in [5.74, 6) is -0.372. The van der Waals surface area contributed by atoms with Crippen molar-refractivity contribution < 1.29 is 28.6 Å². The van der Waals surface area contributed by atoms with Crippen LogP contribution in [0.15, 0.2) is 38.0 Å². The molecular weight excluding hydrogens is 432 g/mol. The van der Waals surface area contributed by atoms with Crippen molar-refractivity contribution in [3.05, 3.63) is 38.0 Å². The molecule has 4 fully saturated rings. The Bertz CT molecular complexity index is 686. The third kappa shape index (κ3) is 6.61. The number of ether oxygens (including phenoxy) is 3. The maximum atomic E-state index is 11.4. The summed E-state index contributed by atoms with van der Waals surface area (Å²) >= 11 is 0. The number of hydrogen-bond donors (Lipinski definition) is 0. The number of hydrogen-bond acceptors (Lipinski definition) is 6. The molecule has 0 amide bonds. The van der Waals surface area contributed by atoms with E-state index in [9.17, 15) is 14.4 Å². The molecule has 6 heteroatoms. The molecule has 0 radical (unpaired) electrons. The fourth-order valence-corrected chi connectivity index (χ4v) is 7.93. The molecule has 4 bridgehead atoms. The van der Waals surface area contributed by atoms with E-state index in [1.165, 1.54) is 56.8 Å². The summed E-state index contributed by atoms with van der Waals surface area (Å²) in [5, 5.41) is 0. The zero-order valence-electron chi connectivity index (χ0n) is 20.5. The second kappa shape index (κ2) is 11.4. The highest BCUT2D eigenvalue weighted by Gasteiger charge is 2.62. The summed E-state index contributed by atoms with van der Waals surface area (Å²) in [6.07, 6.45) is 16.8. The van der Waals surface area contributed by atoms with Gasteiger partial charge in [0.2, 0.25) is 0 Å². The largest absolute Gasteiger partial charge is 0.463 e. The Balaban J connectivity index is 1.66. The summed E-state index contributed by atoms with van der Waals surface area (Å²) in [6, 6.07) is 0. The van der Waals surface area contributed by atoms with Crippen molar-refractivity contribution in [2.45, 2.75) is 77.0 Å². The van der Waals surface area contributed by atoms with Crippen molar-refractivity contribution in [2.75, 3.05) is 19.8 Å². The molecule has 188 valence electrons. The van der Waals surface area contributed by atoms with Crippen LogP contribution in [-0.4, -0.2) is 37.7 Å². The minimum atomic E-state index is -0.360. The highest BCUT2D eigenvalue weighted by atomic mass is 16.5. The predicted octanol–water partition coefficient (Wildman–Crippen LogP) is 5.47. The molecule has 0 aliphatic heterocycles. The van der Waals surface area contributed by atoms with Crippen molar-refractivity contribution in [3.8, 4) is 0 Å². The van der Waals surface area contributed by atoms with Gasteiger partial charge in [-0.2, -0.15) is 0 Å². The monoisotopic (exact) mass is 472 g/mol. The van der Waals surface area contributed by atoms with Gasteiger partial charge in [0.1, 0.15) is 0 Å². The van der Waals surface area contributed by atoms with Gasteiger partial charge in [-0.1, -0.05) is 19.7 Å². The zero-order valence-corrected chi connectivity index (χ0v) is 20.5. The van der Waals surface area contributed by atoms with E-state index >= 15 is 0 Å². The van der Waals surface area contributed by atoms with Crippen LogP contribution in [0.25, 0.3) is 0 Å². The van der Waals surface area contributed by atoms with E-state index < -0.39 is 0 Å². The Morgan fingerprint density at radius 2 is 0.912 bits per heavy atom. The predicted molar refractivity (Wildman–Crippen MR) is 130 cm³/mol. The summed E-state index contributed by atoms with van der Waals surface area (Å²) in [7, 11) is 0. The van der Waals surface area contributed by atoms with E-state index in [1.807, 2.05) is 0 Å². The smallest absolute Gasteiger partial charge is 0.330 e. The molecule has 0 heterocycles.